The van der Waals surface area contributed by atoms with Crippen LogP contribution in [0.4, 0.5) is 4.39 Å². The molecule has 0 spiro atoms. The second-order valence-electron chi connectivity index (χ2n) is 6.16. The molecule has 1 heterocycles. The van der Waals surface area contributed by atoms with E-state index < -0.39 is 0 Å². The summed E-state index contributed by atoms with van der Waals surface area (Å²) in [4.78, 5) is 14.8. The summed E-state index contributed by atoms with van der Waals surface area (Å²) >= 11 is 0. The van der Waals surface area contributed by atoms with Gasteiger partial charge in [-0.2, -0.15) is 4.68 Å². The fourth-order valence-electron chi connectivity index (χ4n) is 2.85. The Bertz CT molecular complexity index is 918. The number of fused-ring (bicyclic) bond motifs is 1. The molecule has 0 bridgehead atoms. The quantitative estimate of drug-likeness (QED) is 0.724. The SMILES string of the molecule is O=c1c2ccccc2nnn1CN(Cc1ccc(F)cc1)C1CC1. The van der Waals surface area contributed by atoms with E-state index in [0.29, 0.717) is 30.2 Å². The van der Waals surface area contributed by atoms with Crippen LogP contribution in [0.1, 0.15) is 18.4 Å². The van der Waals surface area contributed by atoms with Crippen molar-refractivity contribution in [1.82, 2.24) is 19.9 Å². The maximum absolute atomic E-state index is 13.1. The number of hydrogen-bond donors (Lipinski definition) is 0. The van der Waals surface area contributed by atoms with Gasteiger partial charge < -0.3 is 0 Å². The van der Waals surface area contributed by atoms with Crippen molar-refractivity contribution >= 4 is 10.9 Å². The van der Waals surface area contributed by atoms with Gasteiger partial charge in [-0.25, -0.2) is 4.39 Å². The van der Waals surface area contributed by atoms with Crippen molar-refractivity contribution < 1.29 is 4.39 Å². The Balaban J connectivity index is 1.60. The molecular formula is C18H17FN4O. The molecule has 6 heteroatoms. The third-order valence-electron chi connectivity index (χ3n) is 4.31. The van der Waals surface area contributed by atoms with E-state index in [1.807, 2.05) is 12.1 Å². The van der Waals surface area contributed by atoms with Crippen LogP contribution in [-0.4, -0.2) is 25.9 Å². The van der Waals surface area contributed by atoms with E-state index in [1.54, 1.807) is 24.3 Å². The zero-order valence-corrected chi connectivity index (χ0v) is 13.1. The highest BCUT2D eigenvalue weighted by Crippen LogP contribution is 2.28. The Labute approximate surface area is 138 Å². The summed E-state index contributed by atoms with van der Waals surface area (Å²) in [6, 6.07) is 14.1. The smallest absolute Gasteiger partial charge is 0.277 e. The fraction of sp³-hybridized carbons (Fsp3) is 0.278. The maximum Gasteiger partial charge on any atom is 0.278 e. The topological polar surface area (TPSA) is 51.0 Å². The van der Waals surface area contributed by atoms with Crippen LogP contribution in [0.3, 0.4) is 0 Å². The average molecular weight is 324 g/mol. The zero-order chi connectivity index (χ0) is 16.5. The van der Waals surface area contributed by atoms with Crippen LogP contribution >= 0.6 is 0 Å². The largest absolute Gasteiger partial charge is 0.278 e. The van der Waals surface area contributed by atoms with Crippen molar-refractivity contribution in [1.29, 1.82) is 0 Å². The number of nitrogens with zero attached hydrogens (tertiary/aromatic N) is 4. The monoisotopic (exact) mass is 324 g/mol. The van der Waals surface area contributed by atoms with Crippen LogP contribution in [0.25, 0.3) is 10.9 Å². The lowest BCUT2D eigenvalue weighted by Crippen LogP contribution is -2.35. The van der Waals surface area contributed by atoms with Crippen LogP contribution in [0.5, 0.6) is 0 Å². The molecule has 0 saturated heterocycles. The highest BCUT2D eigenvalue weighted by atomic mass is 19.1. The van der Waals surface area contributed by atoms with E-state index in [9.17, 15) is 9.18 Å². The predicted molar refractivity (Wildman–Crippen MR) is 88.8 cm³/mol. The van der Waals surface area contributed by atoms with Crippen LogP contribution in [-0.2, 0) is 13.2 Å². The van der Waals surface area contributed by atoms with E-state index in [0.717, 1.165) is 18.4 Å². The van der Waals surface area contributed by atoms with E-state index in [-0.39, 0.29) is 11.4 Å². The molecule has 1 aliphatic carbocycles. The zero-order valence-electron chi connectivity index (χ0n) is 13.1. The first-order valence-corrected chi connectivity index (χ1v) is 8.02. The van der Waals surface area contributed by atoms with E-state index in [2.05, 4.69) is 15.2 Å². The first kappa shape index (κ1) is 15.0. The summed E-state index contributed by atoms with van der Waals surface area (Å²) in [7, 11) is 0. The molecule has 0 atom stereocenters. The van der Waals surface area contributed by atoms with Crippen LogP contribution < -0.4 is 5.56 Å². The van der Waals surface area contributed by atoms with Gasteiger partial charge in [0, 0.05) is 12.6 Å². The lowest BCUT2D eigenvalue weighted by molar-refractivity contribution is 0.181. The second kappa shape index (κ2) is 6.13. The molecule has 4 rings (SSSR count). The van der Waals surface area contributed by atoms with Gasteiger partial charge in [-0.1, -0.05) is 29.5 Å². The summed E-state index contributed by atoms with van der Waals surface area (Å²) < 4.78 is 14.5. The number of rotatable bonds is 5. The Morgan fingerprint density at radius 2 is 1.88 bits per heavy atom. The van der Waals surface area contributed by atoms with Gasteiger partial charge in [-0.15, -0.1) is 5.10 Å². The summed E-state index contributed by atoms with van der Waals surface area (Å²) in [5.41, 5.74) is 1.49. The van der Waals surface area contributed by atoms with Crippen LogP contribution in [0.2, 0.25) is 0 Å². The Morgan fingerprint density at radius 3 is 2.62 bits per heavy atom. The standard InChI is InChI=1S/C18H17FN4O/c19-14-7-5-13(6-8-14)11-22(15-9-10-15)12-23-18(24)16-3-1-2-4-17(16)20-21-23/h1-8,15H,9-12H2. The first-order chi connectivity index (χ1) is 11.7. The molecule has 2 aromatic carbocycles. The second-order valence-corrected chi connectivity index (χ2v) is 6.16. The van der Waals surface area contributed by atoms with Gasteiger partial charge in [0.25, 0.3) is 5.56 Å². The molecule has 1 fully saturated rings. The normalized spacial score (nSPS) is 14.4. The van der Waals surface area contributed by atoms with Crippen molar-refractivity contribution in [2.45, 2.75) is 32.1 Å². The molecule has 122 valence electrons. The van der Waals surface area contributed by atoms with Crippen LogP contribution in [0.15, 0.2) is 53.3 Å². The van der Waals surface area contributed by atoms with Gasteiger partial charge in [-0.05, 0) is 42.7 Å². The maximum atomic E-state index is 13.1. The fourth-order valence-corrected chi connectivity index (χ4v) is 2.85. The minimum absolute atomic E-state index is 0.134. The van der Waals surface area contributed by atoms with Gasteiger partial charge in [0.2, 0.25) is 0 Å². The number of hydrogen-bond acceptors (Lipinski definition) is 4. The predicted octanol–water partition coefficient (Wildman–Crippen LogP) is 2.55. The van der Waals surface area contributed by atoms with E-state index in [4.69, 9.17) is 0 Å². The molecule has 24 heavy (non-hydrogen) atoms. The molecule has 0 amide bonds. The number of halogens is 1. The Morgan fingerprint density at radius 1 is 1.12 bits per heavy atom. The van der Waals surface area contributed by atoms with Crippen molar-refractivity contribution in [3.8, 4) is 0 Å². The summed E-state index contributed by atoms with van der Waals surface area (Å²) in [6.07, 6.45) is 2.22. The molecule has 0 radical (unpaired) electrons. The minimum Gasteiger partial charge on any atom is -0.277 e. The van der Waals surface area contributed by atoms with Gasteiger partial charge in [-0.3, -0.25) is 9.69 Å². The van der Waals surface area contributed by atoms with Gasteiger partial charge >= 0.3 is 0 Å². The molecule has 5 nitrogen and oxygen atoms in total. The summed E-state index contributed by atoms with van der Waals surface area (Å²) in [5.74, 6) is -0.242. The number of aromatic nitrogens is 3. The lowest BCUT2D eigenvalue weighted by atomic mass is 10.2. The lowest BCUT2D eigenvalue weighted by Gasteiger charge is -2.22. The average Bonchev–Trinajstić information content (AvgIpc) is 3.44. The molecule has 3 aromatic rings. The van der Waals surface area contributed by atoms with Crippen LogP contribution in [0, 0.1) is 5.82 Å². The highest BCUT2D eigenvalue weighted by Gasteiger charge is 2.29. The first-order valence-electron chi connectivity index (χ1n) is 8.02. The third kappa shape index (κ3) is 3.05. The summed E-state index contributed by atoms with van der Waals surface area (Å²) in [6.45, 7) is 1.05. The Kier molecular flexibility index (Phi) is 3.82. The Hall–Kier alpha value is -2.60. The van der Waals surface area contributed by atoms with E-state index in [1.165, 1.54) is 16.8 Å². The molecule has 1 aromatic heterocycles. The van der Waals surface area contributed by atoms with E-state index >= 15 is 0 Å². The van der Waals surface area contributed by atoms with Crippen molar-refractivity contribution in [3.05, 3.63) is 70.3 Å². The van der Waals surface area contributed by atoms with Gasteiger partial charge in [0.15, 0.2) is 0 Å². The third-order valence-corrected chi connectivity index (χ3v) is 4.31. The minimum atomic E-state index is -0.242. The molecule has 1 saturated carbocycles. The summed E-state index contributed by atoms with van der Waals surface area (Å²) in [5, 5.41) is 8.77. The molecule has 1 aliphatic rings. The molecule has 0 aliphatic heterocycles. The van der Waals surface area contributed by atoms with Gasteiger partial charge in [0.05, 0.1) is 12.1 Å². The van der Waals surface area contributed by atoms with Gasteiger partial charge in [0.1, 0.15) is 11.3 Å². The van der Waals surface area contributed by atoms with Crippen molar-refractivity contribution in [2.24, 2.45) is 0 Å². The highest BCUT2D eigenvalue weighted by molar-refractivity contribution is 5.76. The number of benzene rings is 2. The molecule has 0 N–H and O–H groups in total. The molecular weight excluding hydrogens is 307 g/mol. The van der Waals surface area contributed by atoms with Crippen molar-refractivity contribution in [3.63, 3.8) is 0 Å². The van der Waals surface area contributed by atoms with Crippen molar-refractivity contribution in [2.75, 3.05) is 0 Å². The molecule has 0 unspecified atom stereocenters.